The van der Waals surface area contributed by atoms with Gasteiger partial charge < -0.3 is 25.0 Å². The van der Waals surface area contributed by atoms with Crippen LogP contribution in [0.1, 0.15) is 12.8 Å². The second kappa shape index (κ2) is 7.25. The van der Waals surface area contributed by atoms with Gasteiger partial charge in [-0.05, 0) is 18.9 Å². The fraction of sp³-hybridized carbons (Fsp3) is 0.526. The smallest absolute Gasteiger partial charge is 0.387 e. The lowest BCUT2D eigenvalue weighted by Crippen LogP contribution is -2.38. The van der Waals surface area contributed by atoms with Gasteiger partial charge in [-0.3, -0.25) is 0 Å². The van der Waals surface area contributed by atoms with Crippen molar-refractivity contribution in [2.24, 2.45) is 5.92 Å². The van der Waals surface area contributed by atoms with Crippen LogP contribution in [0.15, 0.2) is 18.3 Å². The molecule has 0 aliphatic carbocycles. The molecule has 0 aromatic carbocycles. The summed E-state index contributed by atoms with van der Waals surface area (Å²) in [4.78, 5) is 17.7. The van der Waals surface area contributed by atoms with Crippen LogP contribution < -0.4 is 20.3 Å². The van der Waals surface area contributed by atoms with Crippen LogP contribution in [-0.4, -0.2) is 60.5 Å². The van der Waals surface area contributed by atoms with E-state index in [-0.39, 0.29) is 17.7 Å². The molecule has 2 aromatic rings. The molecule has 5 heterocycles. The predicted molar refractivity (Wildman–Crippen MR) is 103 cm³/mol. The van der Waals surface area contributed by atoms with Gasteiger partial charge in [0.1, 0.15) is 5.82 Å². The molecule has 3 aliphatic heterocycles. The van der Waals surface area contributed by atoms with Crippen LogP contribution in [0.25, 0.3) is 11.3 Å². The molecule has 2 atom stereocenters. The van der Waals surface area contributed by atoms with Gasteiger partial charge in [-0.1, -0.05) is 0 Å². The maximum atomic E-state index is 12.7. The Hall–Kier alpha value is -2.75. The highest BCUT2D eigenvalue weighted by Crippen LogP contribution is 2.35. The summed E-state index contributed by atoms with van der Waals surface area (Å²) in [5.41, 5.74) is 6.82. The number of ether oxygens (including phenoxy) is 2. The van der Waals surface area contributed by atoms with E-state index in [1.54, 1.807) is 0 Å². The Morgan fingerprint density at radius 2 is 2.03 bits per heavy atom. The maximum Gasteiger partial charge on any atom is 0.387 e. The molecule has 8 nitrogen and oxygen atoms in total. The molecule has 0 saturated carbocycles. The Morgan fingerprint density at radius 1 is 1.17 bits per heavy atom. The lowest BCUT2D eigenvalue weighted by atomic mass is 10.1. The summed E-state index contributed by atoms with van der Waals surface area (Å²) in [6, 6.07) is 3.31. The van der Waals surface area contributed by atoms with Gasteiger partial charge in [-0.2, -0.15) is 13.8 Å². The monoisotopic (exact) mass is 404 g/mol. The highest BCUT2D eigenvalue weighted by Gasteiger charge is 2.38. The summed E-state index contributed by atoms with van der Waals surface area (Å²) >= 11 is 0. The Balaban J connectivity index is 1.51. The first kappa shape index (κ1) is 18.3. The SMILES string of the molecule is Nc1ncc(-c2cc(N3C[C@H]4CCO[C@H]4C3)nc(N3CCC3)n2)cc1OC(F)F. The average Bonchev–Trinajstić information content (AvgIpc) is 3.23. The molecule has 154 valence electrons. The van der Waals surface area contributed by atoms with E-state index in [1.807, 2.05) is 6.07 Å². The van der Waals surface area contributed by atoms with Crippen LogP contribution in [0.2, 0.25) is 0 Å². The van der Waals surface area contributed by atoms with Crippen molar-refractivity contribution < 1.29 is 18.3 Å². The van der Waals surface area contributed by atoms with Crippen molar-refractivity contribution in [2.75, 3.05) is 48.3 Å². The minimum atomic E-state index is -2.98. The van der Waals surface area contributed by atoms with Crippen LogP contribution in [0.4, 0.5) is 26.4 Å². The second-order valence-corrected chi connectivity index (χ2v) is 7.60. The summed E-state index contributed by atoms with van der Waals surface area (Å²) in [5, 5.41) is 0. The lowest BCUT2D eigenvalue weighted by molar-refractivity contribution is -0.0494. The number of alkyl halides is 2. The minimum absolute atomic E-state index is 0.0872. The van der Waals surface area contributed by atoms with Crippen molar-refractivity contribution >= 4 is 17.6 Å². The molecule has 0 spiro atoms. The highest BCUT2D eigenvalue weighted by molar-refractivity contribution is 5.68. The van der Waals surface area contributed by atoms with Crippen molar-refractivity contribution in [1.29, 1.82) is 0 Å². The third-order valence-corrected chi connectivity index (χ3v) is 5.76. The highest BCUT2D eigenvalue weighted by atomic mass is 19.3. The van der Waals surface area contributed by atoms with Gasteiger partial charge in [0.25, 0.3) is 0 Å². The number of aromatic nitrogens is 3. The van der Waals surface area contributed by atoms with Crippen molar-refractivity contribution in [2.45, 2.75) is 25.6 Å². The standard InChI is InChI=1S/C19H22F2N6O2/c20-18(21)29-14-6-12(8-23-17(14)22)13-7-16(25-19(24-13)26-3-1-4-26)27-9-11-2-5-28-15(11)10-27/h6-8,11,15,18H,1-5,9-10H2,(H2,22,23)/t11-,15+/m1/s1. The first-order valence-electron chi connectivity index (χ1n) is 9.78. The molecule has 2 N–H and O–H groups in total. The normalized spacial score (nSPS) is 23.4. The summed E-state index contributed by atoms with van der Waals surface area (Å²) < 4.78 is 35.7. The van der Waals surface area contributed by atoms with E-state index in [0.717, 1.165) is 51.4 Å². The van der Waals surface area contributed by atoms with E-state index in [1.165, 1.54) is 12.3 Å². The van der Waals surface area contributed by atoms with Crippen molar-refractivity contribution in [3.8, 4) is 17.0 Å². The Morgan fingerprint density at radius 3 is 2.76 bits per heavy atom. The second-order valence-electron chi connectivity index (χ2n) is 7.60. The van der Waals surface area contributed by atoms with Crippen LogP contribution in [0, 0.1) is 5.92 Å². The van der Waals surface area contributed by atoms with E-state index in [2.05, 4.69) is 24.5 Å². The summed E-state index contributed by atoms with van der Waals surface area (Å²) in [7, 11) is 0. The van der Waals surface area contributed by atoms with Crippen molar-refractivity contribution in [1.82, 2.24) is 15.0 Å². The molecule has 2 aromatic heterocycles. The van der Waals surface area contributed by atoms with Gasteiger partial charge in [0.2, 0.25) is 5.95 Å². The van der Waals surface area contributed by atoms with E-state index < -0.39 is 6.61 Å². The quantitative estimate of drug-likeness (QED) is 0.811. The molecule has 0 unspecified atom stereocenters. The van der Waals surface area contributed by atoms with E-state index in [9.17, 15) is 8.78 Å². The summed E-state index contributed by atoms with van der Waals surface area (Å²) in [6.45, 7) is 1.33. The van der Waals surface area contributed by atoms with Gasteiger partial charge in [-0.25, -0.2) is 9.97 Å². The number of nitrogens with zero attached hydrogens (tertiary/aromatic N) is 5. The van der Waals surface area contributed by atoms with E-state index in [4.69, 9.17) is 15.5 Å². The zero-order chi connectivity index (χ0) is 20.0. The molecule has 0 radical (unpaired) electrons. The summed E-state index contributed by atoms with van der Waals surface area (Å²) in [5.74, 6) is 1.71. The Labute approximate surface area is 166 Å². The molecule has 0 amide bonds. The minimum Gasteiger partial charge on any atom is -0.431 e. The zero-order valence-electron chi connectivity index (χ0n) is 15.8. The third-order valence-electron chi connectivity index (χ3n) is 5.76. The molecule has 10 heteroatoms. The number of fused-ring (bicyclic) bond motifs is 1. The number of rotatable bonds is 5. The van der Waals surface area contributed by atoms with Crippen LogP contribution in [0.3, 0.4) is 0 Å². The number of pyridine rings is 1. The van der Waals surface area contributed by atoms with Gasteiger partial charge >= 0.3 is 6.61 Å². The largest absolute Gasteiger partial charge is 0.431 e. The Bertz CT molecular complexity index is 898. The average molecular weight is 404 g/mol. The first-order chi connectivity index (χ1) is 14.1. The van der Waals surface area contributed by atoms with E-state index in [0.29, 0.717) is 23.1 Å². The number of anilines is 3. The van der Waals surface area contributed by atoms with Crippen LogP contribution >= 0.6 is 0 Å². The molecular formula is C19H22F2N6O2. The topological polar surface area (TPSA) is 89.6 Å². The van der Waals surface area contributed by atoms with Crippen LogP contribution in [0.5, 0.6) is 5.75 Å². The first-order valence-corrected chi connectivity index (χ1v) is 9.78. The molecule has 3 aliphatic rings. The van der Waals surface area contributed by atoms with E-state index >= 15 is 0 Å². The molecule has 3 fully saturated rings. The number of halogens is 2. The number of nitrogen functional groups attached to an aromatic ring is 1. The number of hydrogen-bond acceptors (Lipinski definition) is 8. The summed E-state index contributed by atoms with van der Waals surface area (Å²) in [6.07, 6.45) is 3.92. The van der Waals surface area contributed by atoms with Crippen molar-refractivity contribution in [3.05, 3.63) is 18.3 Å². The van der Waals surface area contributed by atoms with Gasteiger partial charge in [0, 0.05) is 56.5 Å². The van der Waals surface area contributed by atoms with Gasteiger partial charge in [0.15, 0.2) is 11.6 Å². The molecule has 5 rings (SSSR count). The van der Waals surface area contributed by atoms with Gasteiger partial charge in [0.05, 0.1) is 11.8 Å². The molecule has 0 bridgehead atoms. The van der Waals surface area contributed by atoms with Crippen LogP contribution in [-0.2, 0) is 4.74 Å². The third kappa shape index (κ3) is 3.52. The zero-order valence-corrected chi connectivity index (χ0v) is 15.8. The fourth-order valence-electron chi connectivity index (χ4n) is 4.04. The molecule has 3 saturated heterocycles. The predicted octanol–water partition coefficient (Wildman–Crippen LogP) is 2.16. The molecule has 29 heavy (non-hydrogen) atoms. The van der Waals surface area contributed by atoms with Crippen molar-refractivity contribution in [3.63, 3.8) is 0 Å². The lowest BCUT2D eigenvalue weighted by Gasteiger charge is -2.32. The fourth-order valence-corrected chi connectivity index (χ4v) is 4.04. The number of nitrogens with two attached hydrogens (primary N) is 1. The maximum absolute atomic E-state index is 12.7. The Kier molecular flexibility index (Phi) is 4.57. The van der Waals surface area contributed by atoms with Gasteiger partial charge in [-0.15, -0.1) is 0 Å². The number of hydrogen-bond donors (Lipinski definition) is 1. The molecular weight excluding hydrogens is 382 g/mol.